The summed E-state index contributed by atoms with van der Waals surface area (Å²) in [5.41, 5.74) is 0. The van der Waals surface area contributed by atoms with Gasteiger partial charge in [0, 0.05) is 12.3 Å². The lowest BCUT2D eigenvalue weighted by molar-refractivity contribution is -0.0665. The predicted molar refractivity (Wildman–Crippen MR) is 106 cm³/mol. The first kappa shape index (κ1) is 21.7. The number of nitriles is 1. The Kier molecular flexibility index (Phi) is 11.3. The van der Waals surface area contributed by atoms with Crippen molar-refractivity contribution in [2.45, 2.75) is 121 Å². The zero-order valence-corrected chi connectivity index (χ0v) is 16.7. The summed E-state index contributed by atoms with van der Waals surface area (Å²) in [6, 6.07) is 2.52. The van der Waals surface area contributed by atoms with Gasteiger partial charge in [0.2, 0.25) is 6.29 Å². The van der Waals surface area contributed by atoms with Crippen LogP contribution in [-0.2, 0) is 9.47 Å². The van der Waals surface area contributed by atoms with E-state index in [9.17, 15) is 5.26 Å². The van der Waals surface area contributed by atoms with Crippen LogP contribution in [0, 0.1) is 30.5 Å². The molecular formula is C23H39NO2. The zero-order valence-electron chi connectivity index (χ0n) is 16.7. The molecule has 2 radical (unpaired) electrons. The summed E-state index contributed by atoms with van der Waals surface area (Å²) in [4.78, 5) is 0. The summed E-state index contributed by atoms with van der Waals surface area (Å²) < 4.78 is 12.0. The Labute approximate surface area is 161 Å². The molecule has 3 aliphatic rings. The van der Waals surface area contributed by atoms with Crippen molar-refractivity contribution in [1.29, 1.82) is 5.26 Å². The summed E-state index contributed by atoms with van der Waals surface area (Å²) >= 11 is 0. The fourth-order valence-electron chi connectivity index (χ4n) is 4.17. The molecule has 0 aromatic carbocycles. The Morgan fingerprint density at radius 1 is 0.808 bits per heavy atom. The molecule has 2 saturated heterocycles. The first-order valence-electron chi connectivity index (χ1n) is 11.2. The van der Waals surface area contributed by atoms with Gasteiger partial charge in [0.05, 0.1) is 18.3 Å². The molecule has 0 spiro atoms. The molecule has 0 N–H and O–H groups in total. The Morgan fingerprint density at radius 2 is 1.31 bits per heavy atom. The average Bonchev–Trinajstić information content (AvgIpc) is 2.98. The van der Waals surface area contributed by atoms with E-state index in [0.717, 1.165) is 70.5 Å². The maximum Gasteiger partial charge on any atom is 0.224 e. The van der Waals surface area contributed by atoms with E-state index in [2.05, 4.69) is 13.0 Å². The quantitative estimate of drug-likeness (QED) is 0.317. The SMILES string of the molecule is [CH2]CCCCCCCCC(C#N)CCCCC[C]1OC2CCC(CC2)O1. The highest BCUT2D eigenvalue weighted by atomic mass is 16.7. The van der Waals surface area contributed by atoms with Gasteiger partial charge in [-0.1, -0.05) is 64.7 Å². The van der Waals surface area contributed by atoms with Crippen molar-refractivity contribution < 1.29 is 9.47 Å². The molecule has 0 aromatic rings. The Balaban J connectivity index is 1.44. The van der Waals surface area contributed by atoms with E-state index in [1.54, 1.807) is 0 Å². The minimum atomic E-state index is 0.253. The van der Waals surface area contributed by atoms with E-state index in [1.165, 1.54) is 44.9 Å². The van der Waals surface area contributed by atoms with Crippen molar-refractivity contribution in [2.75, 3.05) is 0 Å². The third kappa shape index (κ3) is 8.87. The van der Waals surface area contributed by atoms with Crippen LogP contribution in [0.3, 0.4) is 0 Å². The van der Waals surface area contributed by atoms with Gasteiger partial charge in [0.25, 0.3) is 0 Å². The summed E-state index contributed by atoms with van der Waals surface area (Å²) in [5.74, 6) is 0.253. The minimum absolute atomic E-state index is 0.253. The lowest BCUT2D eigenvalue weighted by Crippen LogP contribution is -2.18. The van der Waals surface area contributed by atoms with E-state index >= 15 is 0 Å². The molecular weight excluding hydrogens is 322 g/mol. The second-order valence-electron chi connectivity index (χ2n) is 8.20. The molecule has 1 atom stereocenters. The topological polar surface area (TPSA) is 42.2 Å². The van der Waals surface area contributed by atoms with Crippen molar-refractivity contribution in [3.8, 4) is 6.07 Å². The molecule has 3 heteroatoms. The standard InChI is InChI=1S/C23H39NO2/c1-2-3-4-5-6-7-9-12-20(19-24)13-10-8-11-14-23-25-21-15-16-22(26-23)18-17-21/h20-22H,1-18H2. The van der Waals surface area contributed by atoms with Crippen LogP contribution in [0.25, 0.3) is 0 Å². The fraction of sp³-hybridized carbons (Fsp3) is 0.870. The molecule has 1 aliphatic carbocycles. The van der Waals surface area contributed by atoms with Crippen LogP contribution in [0.5, 0.6) is 0 Å². The molecule has 3 fully saturated rings. The maximum atomic E-state index is 9.35. The summed E-state index contributed by atoms with van der Waals surface area (Å²) in [6.07, 6.45) is 21.7. The van der Waals surface area contributed by atoms with E-state index in [4.69, 9.17) is 9.47 Å². The summed E-state index contributed by atoms with van der Waals surface area (Å²) in [6.45, 7) is 3.88. The molecule has 3 rings (SSSR count). The molecule has 0 aromatic heterocycles. The average molecular weight is 362 g/mol. The zero-order chi connectivity index (χ0) is 18.5. The summed E-state index contributed by atoms with van der Waals surface area (Å²) in [7, 11) is 0. The number of unbranched alkanes of at least 4 members (excludes halogenated alkanes) is 8. The Morgan fingerprint density at radius 3 is 1.85 bits per heavy atom. The van der Waals surface area contributed by atoms with Gasteiger partial charge < -0.3 is 9.47 Å². The highest BCUT2D eigenvalue weighted by Gasteiger charge is 2.32. The lowest BCUT2D eigenvalue weighted by atomic mass is 9.95. The van der Waals surface area contributed by atoms with Gasteiger partial charge in [-0.05, 0) is 44.9 Å². The van der Waals surface area contributed by atoms with Crippen molar-refractivity contribution in [2.24, 2.45) is 5.92 Å². The van der Waals surface area contributed by atoms with E-state index in [1.807, 2.05) is 0 Å². The molecule has 2 bridgehead atoms. The van der Waals surface area contributed by atoms with Gasteiger partial charge in [-0.25, -0.2) is 0 Å². The van der Waals surface area contributed by atoms with Gasteiger partial charge in [0.15, 0.2) is 0 Å². The van der Waals surface area contributed by atoms with Crippen molar-refractivity contribution >= 4 is 0 Å². The van der Waals surface area contributed by atoms with Crippen LogP contribution in [0.15, 0.2) is 0 Å². The molecule has 1 unspecified atom stereocenters. The van der Waals surface area contributed by atoms with Gasteiger partial charge in [0.1, 0.15) is 0 Å². The molecule has 1 saturated carbocycles. The number of hydrogen-bond acceptors (Lipinski definition) is 3. The molecule has 2 heterocycles. The normalized spacial score (nSPS) is 24.3. The minimum Gasteiger partial charge on any atom is -0.342 e. The molecule has 26 heavy (non-hydrogen) atoms. The van der Waals surface area contributed by atoms with Gasteiger partial charge in [-0.3, -0.25) is 0 Å². The van der Waals surface area contributed by atoms with Crippen molar-refractivity contribution in [3.05, 3.63) is 13.2 Å². The van der Waals surface area contributed by atoms with E-state index in [0.29, 0.717) is 12.2 Å². The van der Waals surface area contributed by atoms with Gasteiger partial charge in [-0.2, -0.15) is 5.26 Å². The van der Waals surface area contributed by atoms with Gasteiger partial charge in [-0.15, -0.1) is 0 Å². The first-order valence-corrected chi connectivity index (χ1v) is 11.2. The Bertz CT molecular complexity index is 370. The van der Waals surface area contributed by atoms with Crippen molar-refractivity contribution in [1.82, 2.24) is 0 Å². The fourth-order valence-corrected chi connectivity index (χ4v) is 4.17. The van der Waals surface area contributed by atoms with Crippen LogP contribution in [0.2, 0.25) is 0 Å². The third-order valence-electron chi connectivity index (χ3n) is 5.89. The van der Waals surface area contributed by atoms with Crippen LogP contribution in [0.4, 0.5) is 0 Å². The maximum absolute atomic E-state index is 9.35. The molecule has 3 nitrogen and oxygen atoms in total. The number of ether oxygens (including phenoxy) is 2. The van der Waals surface area contributed by atoms with Crippen LogP contribution in [-0.4, -0.2) is 12.2 Å². The number of fused-ring (bicyclic) bond motifs is 4. The van der Waals surface area contributed by atoms with Crippen LogP contribution in [0.1, 0.15) is 109 Å². The highest BCUT2D eigenvalue weighted by molar-refractivity contribution is 4.84. The molecule has 148 valence electrons. The molecule has 0 amide bonds. The summed E-state index contributed by atoms with van der Waals surface area (Å²) in [5, 5.41) is 9.35. The first-order chi connectivity index (χ1) is 12.8. The molecule has 2 aliphatic heterocycles. The van der Waals surface area contributed by atoms with Crippen LogP contribution >= 0.6 is 0 Å². The van der Waals surface area contributed by atoms with E-state index < -0.39 is 0 Å². The lowest BCUT2D eigenvalue weighted by Gasteiger charge is -2.19. The Hall–Kier alpha value is -0.590. The van der Waals surface area contributed by atoms with E-state index in [-0.39, 0.29) is 5.92 Å². The smallest absolute Gasteiger partial charge is 0.224 e. The number of hydrogen-bond donors (Lipinski definition) is 0. The largest absolute Gasteiger partial charge is 0.342 e. The highest BCUT2D eigenvalue weighted by Crippen LogP contribution is 2.35. The predicted octanol–water partition coefficient (Wildman–Crippen LogP) is 6.88. The number of nitrogens with zero attached hydrogens (tertiary/aromatic N) is 1. The third-order valence-corrected chi connectivity index (χ3v) is 5.89. The van der Waals surface area contributed by atoms with Gasteiger partial charge >= 0.3 is 0 Å². The second kappa shape index (κ2) is 13.6. The second-order valence-corrected chi connectivity index (χ2v) is 8.20. The monoisotopic (exact) mass is 361 g/mol. The number of rotatable bonds is 14. The van der Waals surface area contributed by atoms with Crippen molar-refractivity contribution in [3.63, 3.8) is 0 Å². The van der Waals surface area contributed by atoms with Crippen LogP contribution < -0.4 is 0 Å².